The normalized spacial score (nSPS) is 10.7. The van der Waals surface area contributed by atoms with Crippen LogP contribution in [0.2, 0.25) is 5.02 Å². The number of allylic oxidation sites excluding steroid dienone is 1. The molecule has 3 rings (SSSR count). The van der Waals surface area contributed by atoms with Gasteiger partial charge in [-0.3, -0.25) is 9.36 Å². The van der Waals surface area contributed by atoms with Crippen LogP contribution in [0, 0.1) is 6.92 Å². The molecule has 1 N–H and O–H groups in total. The molecule has 1 aromatic heterocycles. The van der Waals surface area contributed by atoms with Gasteiger partial charge in [0.15, 0.2) is 11.0 Å². The highest BCUT2D eigenvalue weighted by Crippen LogP contribution is 2.27. The lowest BCUT2D eigenvalue weighted by Gasteiger charge is -2.09. The molecule has 28 heavy (non-hydrogen) atoms. The van der Waals surface area contributed by atoms with Gasteiger partial charge in [0.05, 0.1) is 16.5 Å². The van der Waals surface area contributed by atoms with Gasteiger partial charge in [0.25, 0.3) is 0 Å². The van der Waals surface area contributed by atoms with Gasteiger partial charge in [0.1, 0.15) is 0 Å². The average molecular weight is 478 g/mol. The van der Waals surface area contributed by atoms with Gasteiger partial charge in [-0.1, -0.05) is 69.1 Å². The van der Waals surface area contributed by atoms with Crippen molar-refractivity contribution in [1.82, 2.24) is 14.8 Å². The first-order valence-corrected chi connectivity index (χ1v) is 10.6. The van der Waals surface area contributed by atoms with E-state index in [9.17, 15) is 4.79 Å². The Labute approximate surface area is 181 Å². The number of carbonyl (C=O) groups excluding carboxylic acids is 1. The second-order valence-electron chi connectivity index (χ2n) is 6.04. The van der Waals surface area contributed by atoms with Gasteiger partial charge in [-0.05, 0) is 31.2 Å². The molecule has 3 aromatic rings. The van der Waals surface area contributed by atoms with Crippen LogP contribution in [0.4, 0.5) is 5.69 Å². The fraction of sp³-hybridized carbons (Fsp3) is 0.150. The number of nitrogens with one attached hydrogen (secondary N) is 1. The van der Waals surface area contributed by atoms with Crippen LogP contribution in [-0.4, -0.2) is 26.4 Å². The fourth-order valence-corrected chi connectivity index (χ4v) is 4.06. The van der Waals surface area contributed by atoms with Crippen molar-refractivity contribution in [2.24, 2.45) is 0 Å². The monoisotopic (exact) mass is 476 g/mol. The molecule has 0 radical (unpaired) electrons. The second-order valence-corrected chi connectivity index (χ2v) is 8.30. The molecule has 144 valence electrons. The van der Waals surface area contributed by atoms with E-state index in [0.717, 1.165) is 21.4 Å². The van der Waals surface area contributed by atoms with Crippen LogP contribution in [0.1, 0.15) is 5.56 Å². The fourth-order valence-electron chi connectivity index (χ4n) is 2.59. The molecule has 0 saturated heterocycles. The minimum Gasteiger partial charge on any atom is -0.324 e. The number of rotatable bonds is 7. The van der Waals surface area contributed by atoms with Crippen LogP contribution in [0.5, 0.6) is 0 Å². The van der Waals surface area contributed by atoms with Crippen LogP contribution < -0.4 is 5.32 Å². The van der Waals surface area contributed by atoms with Crippen LogP contribution >= 0.6 is 39.3 Å². The van der Waals surface area contributed by atoms with Crippen molar-refractivity contribution < 1.29 is 4.79 Å². The van der Waals surface area contributed by atoms with E-state index in [4.69, 9.17) is 11.6 Å². The molecular formula is C20H18BrClN4OS. The maximum Gasteiger partial charge on any atom is 0.234 e. The molecule has 0 unspecified atom stereocenters. The summed E-state index contributed by atoms with van der Waals surface area (Å²) in [5.74, 6) is 0.775. The molecule has 2 aromatic carbocycles. The summed E-state index contributed by atoms with van der Waals surface area (Å²) in [4.78, 5) is 12.3. The first-order valence-electron chi connectivity index (χ1n) is 8.46. The Morgan fingerprint density at radius 3 is 2.86 bits per heavy atom. The summed E-state index contributed by atoms with van der Waals surface area (Å²) in [5.41, 5.74) is 2.70. The lowest BCUT2D eigenvalue weighted by molar-refractivity contribution is -0.113. The largest absolute Gasteiger partial charge is 0.324 e. The van der Waals surface area contributed by atoms with Crippen molar-refractivity contribution in [1.29, 1.82) is 0 Å². The first kappa shape index (κ1) is 20.6. The van der Waals surface area contributed by atoms with Gasteiger partial charge >= 0.3 is 0 Å². The molecule has 0 fully saturated rings. The Hall–Kier alpha value is -2.09. The number of anilines is 1. The Morgan fingerprint density at radius 1 is 1.32 bits per heavy atom. The summed E-state index contributed by atoms with van der Waals surface area (Å²) >= 11 is 10.8. The van der Waals surface area contributed by atoms with E-state index >= 15 is 0 Å². The predicted molar refractivity (Wildman–Crippen MR) is 119 cm³/mol. The summed E-state index contributed by atoms with van der Waals surface area (Å²) in [6.45, 7) is 6.40. The molecule has 0 bridgehead atoms. The number of aromatic nitrogens is 3. The van der Waals surface area contributed by atoms with Gasteiger partial charge in [-0.25, -0.2) is 0 Å². The molecule has 1 heterocycles. The van der Waals surface area contributed by atoms with Crippen LogP contribution in [-0.2, 0) is 11.3 Å². The van der Waals surface area contributed by atoms with Crippen LogP contribution in [0.15, 0.2) is 64.7 Å². The topological polar surface area (TPSA) is 59.8 Å². The zero-order chi connectivity index (χ0) is 20.1. The van der Waals surface area contributed by atoms with Gasteiger partial charge in [-0.2, -0.15) is 0 Å². The van der Waals surface area contributed by atoms with Crippen molar-refractivity contribution in [3.8, 4) is 11.4 Å². The number of halogens is 2. The minimum absolute atomic E-state index is 0.167. The lowest BCUT2D eigenvalue weighted by Crippen LogP contribution is -2.15. The van der Waals surface area contributed by atoms with E-state index in [1.54, 1.807) is 18.2 Å². The number of hydrogen-bond acceptors (Lipinski definition) is 4. The number of hydrogen-bond donors (Lipinski definition) is 1. The lowest BCUT2D eigenvalue weighted by atomic mass is 10.1. The van der Waals surface area contributed by atoms with Crippen molar-refractivity contribution in [3.63, 3.8) is 0 Å². The second kappa shape index (κ2) is 9.41. The molecule has 1 amide bonds. The number of nitrogens with zero attached hydrogens (tertiary/aromatic N) is 3. The summed E-state index contributed by atoms with van der Waals surface area (Å²) in [6, 6.07) is 13.4. The summed E-state index contributed by atoms with van der Waals surface area (Å²) in [7, 11) is 0. The number of thioether (sulfide) groups is 1. The third-order valence-corrected chi connectivity index (χ3v) is 5.62. The maximum absolute atomic E-state index is 12.3. The highest BCUT2D eigenvalue weighted by Gasteiger charge is 2.15. The van der Waals surface area contributed by atoms with Crippen LogP contribution in [0.3, 0.4) is 0 Å². The molecule has 0 saturated carbocycles. The Kier molecular flexibility index (Phi) is 6.93. The van der Waals surface area contributed by atoms with E-state index in [2.05, 4.69) is 44.1 Å². The van der Waals surface area contributed by atoms with Gasteiger partial charge in [-0.15, -0.1) is 16.8 Å². The Morgan fingerprint density at radius 2 is 2.14 bits per heavy atom. The summed E-state index contributed by atoms with van der Waals surface area (Å²) in [6.07, 6.45) is 1.79. The SMILES string of the molecule is C=CCn1c(SCC(=O)Nc2ccc(Br)cc2Cl)nnc1-c1cccc(C)c1. The third kappa shape index (κ3) is 5.04. The summed E-state index contributed by atoms with van der Waals surface area (Å²) in [5, 5.41) is 12.5. The molecule has 0 spiro atoms. The number of benzene rings is 2. The molecule has 8 heteroatoms. The number of carbonyl (C=O) groups is 1. The maximum atomic E-state index is 12.3. The molecule has 0 aliphatic carbocycles. The van der Waals surface area contributed by atoms with Gasteiger partial charge in [0, 0.05) is 16.6 Å². The number of aryl methyl sites for hydroxylation is 1. The van der Waals surface area contributed by atoms with Crippen molar-refractivity contribution >= 4 is 50.9 Å². The van der Waals surface area contributed by atoms with E-state index in [0.29, 0.717) is 22.4 Å². The number of amides is 1. The van der Waals surface area contributed by atoms with Gasteiger partial charge < -0.3 is 5.32 Å². The standard InChI is InChI=1S/C20H18BrClN4OS/c1-3-9-26-19(14-6-4-5-13(2)10-14)24-25-20(26)28-12-18(27)23-17-8-7-15(21)11-16(17)22/h3-8,10-11H,1,9,12H2,2H3,(H,23,27). The first-order chi connectivity index (χ1) is 13.5. The van der Waals surface area contributed by atoms with E-state index in [1.807, 2.05) is 35.8 Å². The highest BCUT2D eigenvalue weighted by molar-refractivity contribution is 9.10. The summed E-state index contributed by atoms with van der Waals surface area (Å²) < 4.78 is 2.80. The van der Waals surface area contributed by atoms with E-state index < -0.39 is 0 Å². The Balaban J connectivity index is 1.73. The van der Waals surface area contributed by atoms with Crippen molar-refractivity contribution in [2.45, 2.75) is 18.6 Å². The zero-order valence-electron chi connectivity index (χ0n) is 15.2. The Bertz CT molecular complexity index is 1020. The van der Waals surface area contributed by atoms with Crippen molar-refractivity contribution in [2.75, 3.05) is 11.1 Å². The molecular weight excluding hydrogens is 460 g/mol. The molecule has 5 nitrogen and oxygen atoms in total. The zero-order valence-corrected chi connectivity index (χ0v) is 18.3. The highest BCUT2D eigenvalue weighted by atomic mass is 79.9. The van der Waals surface area contributed by atoms with Gasteiger partial charge in [0.2, 0.25) is 5.91 Å². The smallest absolute Gasteiger partial charge is 0.234 e. The molecule has 0 atom stereocenters. The quantitative estimate of drug-likeness (QED) is 0.356. The minimum atomic E-state index is -0.167. The molecule has 0 aliphatic heterocycles. The van der Waals surface area contributed by atoms with E-state index in [1.165, 1.54) is 11.8 Å². The van der Waals surface area contributed by atoms with E-state index in [-0.39, 0.29) is 11.7 Å². The van der Waals surface area contributed by atoms with Crippen molar-refractivity contribution in [3.05, 3.63) is 70.2 Å². The predicted octanol–water partition coefficient (Wildman–Crippen LogP) is 5.59. The average Bonchev–Trinajstić information content (AvgIpc) is 3.05. The van der Waals surface area contributed by atoms with Crippen LogP contribution in [0.25, 0.3) is 11.4 Å². The molecule has 0 aliphatic rings. The third-order valence-electron chi connectivity index (χ3n) is 3.84.